The third kappa shape index (κ3) is 4.66. The number of allylic oxidation sites excluding steroid dienone is 4. The van der Waals surface area contributed by atoms with Crippen molar-refractivity contribution in [2.75, 3.05) is 0 Å². The van der Waals surface area contributed by atoms with Gasteiger partial charge in [0.1, 0.15) is 0 Å². The molecule has 0 aliphatic rings. The van der Waals surface area contributed by atoms with Crippen LogP contribution in [0.1, 0.15) is 18.1 Å². The zero-order chi connectivity index (χ0) is 13.4. The van der Waals surface area contributed by atoms with Crippen molar-refractivity contribution in [2.45, 2.75) is 6.92 Å². The van der Waals surface area contributed by atoms with E-state index in [9.17, 15) is 4.79 Å². The molecule has 92 valence electrons. The molecular weight excluding hydrogens is 224 g/mol. The third-order valence-electron chi connectivity index (χ3n) is 2.37. The molecule has 0 saturated heterocycles. The molecule has 0 aliphatic carbocycles. The van der Waals surface area contributed by atoms with Gasteiger partial charge in [0.15, 0.2) is 0 Å². The predicted octanol–water partition coefficient (Wildman–Crippen LogP) is 3.93. The number of hydrogen-bond acceptors (Lipinski definition) is 1. The predicted molar refractivity (Wildman–Crippen MR) is 76.1 cm³/mol. The molecule has 0 amide bonds. The summed E-state index contributed by atoms with van der Waals surface area (Å²) in [7, 11) is 0. The van der Waals surface area contributed by atoms with Gasteiger partial charge in [0.2, 0.25) is 0 Å². The summed E-state index contributed by atoms with van der Waals surface area (Å²) < 4.78 is 0. The van der Waals surface area contributed by atoms with E-state index in [0.29, 0.717) is 5.57 Å². The zero-order valence-electron chi connectivity index (χ0n) is 10.3. The summed E-state index contributed by atoms with van der Waals surface area (Å²) in [4.78, 5) is 10.5. The van der Waals surface area contributed by atoms with Crippen molar-refractivity contribution in [3.8, 4) is 0 Å². The first kappa shape index (κ1) is 13.7. The molecule has 0 saturated carbocycles. The molecule has 2 heteroatoms. The molecule has 0 heterocycles. The number of hydrogen-bond donors (Lipinski definition) is 1. The first-order valence-electron chi connectivity index (χ1n) is 5.61. The molecule has 0 spiro atoms. The number of rotatable bonds is 5. The Bertz CT molecular complexity index is 502. The molecule has 2 nitrogen and oxygen atoms in total. The number of carboxylic acids is 1. The van der Waals surface area contributed by atoms with Gasteiger partial charge < -0.3 is 5.11 Å². The number of aliphatic carboxylic acids is 1. The number of benzene rings is 1. The van der Waals surface area contributed by atoms with E-state index in [1.54, 1.807) is 31.2 Å². The summed E-state index contributed by atoms with van der Waals surface area (Å²) in [6, 6.07) is 7.98. The van der Waals surface area contributed by atoms with Gasteiger partial charge in [-0.1, -0.05) is 67.3 Å². The molecule has 0 atom stereocenters. The van der Waals surface area contributed by atoms with E-state index in [-0.39, 0.29) is 0 Å². The maximum absolute atomic E-state index is 10.5. The fourth-order valence-electron chi connectivity index (χ4n) is 1.25. The molecule has 1 N–H and O–H groups in total. The zero-order valence-corrected chi connectivity index (χ0v) is 10.3. The number of carboxylic acid groups (broad SMARTS) is 1. The van der Waals surface area contributed by atoms with Gasteiger partial charge in [-0.3, -0.25) is 0 Å². The fraction of sp³-hybridized carbons (Fsp3) is 0.0625. The average molecular weight is 240 g/mol. The van der Waals surface area contributed by atoms with Crippen LogP contribution >= 0.6 is 0 Å². The largest absolute Gasteiger partial charge is 0.478 e. The summed E-state index contributed by atoms with van der Waals surface area (Å²) >= 11 is 0. The van der Waals surface area contributed by atoms with Crippen molar-refractivity contribution in [1.82, 2.24) is 0 Å². The van der Waals surface area contributed by atoms with E-state index in [4.69, 9.17) is 5.11 Å². The quantitative estimate of drug-likeness (QED) is 0.625. The van der Waals surface area contributed by atoms with E-state index in [0.717, 1.165) is 11.1 Å². The standard InChI is InChI=1S/C16H16O2/c1-3-14-9-11-15(12-10-14)8-6-4-5-7-13(2)16(17)18/h3-12H,1H2,2H3,(H,17,18). The lowest BCUT2D eigenvalue weighted by Gasteiger charge is -1.94. The van der Waals surface area contributed by atoms with Crippen LogP contribution in [0.15, 0.2) is 60.7 Å². The lowest BCUT2D eigenvalue weighted by atomic mass is 10.1. The van der Waals surface area contributed by atoms with Crippen LogP contribution in [0, 0.1) is 0 Å². The first-order valence-corrected chi connectivity index (χ1v) is 5.61. The Morgan fingerprint density at radius 1 is 1.11 bits per heavy atom. The van der Waals surface area contributed by atoms with Crippen LogP contribution in [0.4, 0.5) is 0 Å². The second kappa shape index (κ2) is 7.07. The highest BCUT2D eigenvalue weighted by atomic mass is 16.4. The fourth-order valence-corrected chi connectivity index (χ4v) is 1.25. The molecular formula is C16H16O2. The topological polar surface area (TPSA) is 37.3 Å². The first-order chi connectivity index (χ1) is 8.63. The molecule has 0 fully saturated rings. The van der Waals surface area contributed by atoms with Gasteiger partial charge >= 0.3 is 5.97 Å². The summed E-state index contributed by atoms with van der Waals surface area (Å²) in [6.07, 6.45) is 10.7. The van der Waals surface area contributed by atoms with Crippen LogP contribution < -0.4 is 0 Å². The van der Waals surface area contributed by atoms with Crippen LogP contribution in [-0.4, -0.2) is 11.1 Å². The second-order valence-corrected chi connectivity index (χ2v) is 3.77. The molecule has 18 heavy (non-hydrogen) atoms. The van der Waals surface area contributed by atoms with E-state index in [1.165, 1.54) is 0 Å². The summed E-state index contributed by atoms with van der Waals surface area (Å²) in [6.45, 7) is 5.25. The highest BCUT2D eigenvalue weighted by Gasteiger charge is 1.94. The Balaban J connectivity index is 2.59. The molecule has 0 bridgehead atoms. The van der Waals surface area contributed by atoms with Crippen LogP contribution in [0.25, 0.3) is 12.2 Å². The second-order valence-electron chi connectivity index (χ2n) is 3.77. The van der Waals surface area contributed by atoms with Gasteiger partial charge in [0.25, 0.3) is 0 Å². The minimum absolute atomic E-state index is 0.315. The van der Waals surface area contributed by atoms with Gasteiger partial charge in [-0.05, 0) is 18.1 Å². The smallest absolute Gasteiger partial charge is 0.331 e. The van der Waals surface area contributed by atoms with Crippen LogP contribution in [-0.2, 0) is 4.79 Å². The summed E-state index contributed by atoms with van der Waals surface area (Å²) in [5.74, 6) is -0.899. The minimum atomic E-state index is -0.899. The van der Waals surface area contributed by atoms with Gasteiger partial charge in [-0.2, -0.15) is 0 Å². The molecule has 1 aromatic carbocycles. The van der Waals surface area contributed by atoms with Crippen LogP contribution in [0.3, 0.4) is 0 Å². The van der Waals surface area contributed by atoms with E-state index < -0.39 is 5.97 Å². The monoisotopic (exact) mass is 240 g/mol. The van der Waals surface area contributed by atoms with Crippen molar-refractivity contribution in [1.29, 1.82) is 0 Å². The van der Waals surface area contributed by atoms with Gasteiger partial charge in [0, 0.05) is 5.57 Å². The Morgan fingerprint density at radius 3 is 2.28 bits per heavy atom. The van der Waals surface area contributed by atoms with Gasteiger partial charge in [-0.25, -0.2) is 4.79 Å². The Morgan fingerprint density at radius 2 is 1.72 bits per heavy atom. The average Bonchev–Trinajstić information content (AvgIpc) is 2.38. The Hall–Kier alpha value is -2.35. The molecule has 0 aliphatic heterocycles. The normalized spacial score (nSPS) is 12.2. The Labute approximate surface area is 107 Å². The molecule has 1 aromatic rings. The third-order valence-corrected chi connectivity index (χ3v) is 2.37. The van der Waals surface area contributed by atoms with Crippen LogP contribution in [0.5, 0.6) is 0 Å². The van der Waals surface area contributed by atoms with Gasteiger partial charge in [-0.15, -0.1) is 0 Å². The molecule has 1 rings (SSSR count). The molecule has 0 aromatic heterocycles. The van der Waals surface area contributed by atoms with E-state index in [1.807, 2.05) is 36.4 Å². The maximum Gasteiger partial charge on any atom is 0.331 e. The van der Waals surface area contributed by atoms with Crippen molar-refractivity contribution < 1.29 is 9.90 Å². The van der Waals surface area contributed by atoms with Crippen molar-refractivity contribution in [3.05, 3.63) is 71.8 Å². The Kier molecular flexibility index (Phi) is 5.39. The number of carbonyl (C=O) groups is 1. The molecule has 0 radical (unpaired) electrons. The maximum atomic E-state index is 10.5. The lowest BCUT2D eigenvalue weighted by molar-refractivity contribution is -0.132. The summed E-state index contributed by atoms with van der Waals surface area (Å²) in [5.41, 5.74) is 2.49. The lowest BCUT2D eigenvalue weighted by Crippen LogP contribution is -1.94. The van der Waals surface area contributed by atoms with Gasteiger partial charge in [0.05, 0.1) is 0 Å². The van der Waals surface area contributed by atoms with Crippen molar-refractivity contribution in [3.63, 3.8) is 0 Å². The highest BCUT2D eigenvalue weighted by molar-refractivity contribution is 5.86. The summed E-state index contributed by atoms with van der Waals surface area (Å²) in [5, 5.41) is 8.64. The highest BCUT2D eigenvalue weighted by Crippen LogP contribution is 2.07. The van der Waals surface area contributed by atoms with Crippen molar-refractivity contribution in [2.24, 2.45) is 0 Å². The minimum Gasteiger partial charge on any atom is -0.478 e. The van der Waals surface area contributed by atoms with E-state index >= 15 is 0 Å². The molecule has 0 unspecified atom stereocenters. The van der Waals surface area contributed by atoms with Crippen molar-refractivity contribution >= 4 is 18.1 Å². The van der Waals surface area contributed by atoms with Crippen LogP contribution in [0.2, 0.25) is 0 Å². The SMILES string of the molecule is C=Cc1ccc(C=CC=CC=C(C)C(=O)O)cc1. The van der Waals surface area contributed by atoms with E-state index in [2.05, 4.69) is 6.58 Å².